The van der Waals surface area contributed by atoms with Crippen molar-refractivity contribution in [3.05, 3.63) is 87.3 Å². The third-order valence-corrected chi connectivity index (χ3v) is 8.71. The Hall–Kier alpha value is -2.97. The molecule has 1 nitrogen and oxygen atoms in total. The number of benzene rings is 3. The second-order valence-electron chi connectivity index (χ2n) is 12.2. The molecule has 0 saturated carbocycles. The molecule has 2 heteroatoms. The summed E-state index contributed by atoms with van der Waals surface area (Å²) in [4.78, 5) is 7.76. The zero-order valence-corrected chi connectivity index (χ0v) is 24.7. The van der Waals surface area contributed by atoms with Crippen molar-refractivity contribution in [2.75, 3.05) is 0 Å². The zero-order valence-electron chi connectivity index (χ0n) is 23.8. The molecule has 190 valence electrons. The third kappa shape index (κ3) is 4.73. The van der Waals surface area contributed by atoms with Gasteiger partial charge in [-0.2, -0.15) is 0 Å². The summed E-state index contributed by atoms with van der Waals surface area (Å²) in [5.41, 5.74) is 11.8. The Bertz CT molecular complexity index is 1620. The molecule has 5 rings (SSSR count). The van der Waals surface area contributed by atoms with E-state index >= 15 is 0 Å². The van der Waals surface area contributed by atoms with Crippen LogP contribution in [0, 0.1) is 33.6 Å². The number of hydrogen-bond acceptors (Lipinski definition) is 2. The lowest BCUT2D eigenvalue weighted by Crippen LogP contribution is -2.12. The van der Waals surface area contributed by atoms with Crippen LogP contribution in [0.2, 0.25) is 0 Å². The molecule has 0 unspecified atom stereocenters. The van der Waals surface area contributed by atoms with Gasteiger partial charge in [0.05, 0.1) is 5.69 Å². The van der Waals surface area contributed by atoms with E-state index in [2.05, 4.69) is 117 Å². The van der Waals surface area contributed by atoms with Gasteiger partial charge in [0.2, 0.25) is 0 Å². The van der Waals surface area contributed by atoms with Crippen molar-refractivity contribution >= 4 is 32.3 Å². The highest BCUT2D eigenvalue weighted by Gasteiger charge is 2.21. The first-order valence-electron chi connectivity index (χ1n) is 13.5. The van der Waals surface area contributed by atoms with Crippen LogP contribution in [0.3, 0.4) is 0 Å². The summed E-state index contributed by atoms with van der Waals surface area (Å²) < 4.78 is 0. The Labute approximate surface area is 226 Å². The second-order valence-corrected chi connectivity index (χ2v) is 13.4. The fraction of sp³-hybridized carbons (Fsp3) is 0.343. The van der Waals surface area contributed by atoms with Crippen molar-refractivity contribution in [2.24, 2.45) is 5.92 Å². The fourth-order valence-electron chi connectivity index (χ4n) is 5.85. The first-order valence-corrected chi connectivity index (χ1v) is 14.3. The molecule has 5 aromatic rings. The van der Waals surface area contributed by atoms with Gasteiger partial charge < -0.3 is 0 Å². The summed E-state index contributed by atoms with van der Waals surface area (Å²) in [5.74, 6) is 0.649. The predicted octanol–water partition coefficient (Wildman–Crippen LogP) is 10.5. The number of thiophene rings is 1. The minimum Gasteiger partial charge on any atom is -0.237 e. The van der Waals surface area contributed by atoms with Gasteiger partial charge in [0.25, 0.3) is 0 Å². The molecule has 37 heavy (non-hydrogen) atoms. The van der Waals surface area contributed by atoms with E-state index in [0.717, 1.165) is 16.9 Å². The van der Waals surface area contributed by atoms with Crippen LogP contribution in [-0.4, -0.2) is 4.98 Å². The molecule has 0 N–H and O–H groups in total. The van der Waals surface area contributed by atoms with Crippen molar-refractivity contribution in [1.29, 1.82) is 0 Å². The highest BCUT2D eigenvalue weighted by molar-refractivity contribution is 7.18. The molecule has 3 aromatic carbocycles. The molecule has 0 saturated heterocycles. The second kappa shape index (κ2) is 9.40. The van der Waals surface area contributed by atoms with Gasteiger partial charge in [-0.1, -0.05) is 71.0 Å². The molecule has 2 aromatic heterocycles. The normalized spacial score (nSPS) is 12.3. The lowest BCUT2D eigenvalue weighted by atomic mass is 9.82. The van der Waals surface area contributed by atoms with Crippen LogP contribution in [0.5, 0.6) is 0 Å². The van der Waals surface area contributed by atoms with E-state index in [-0.39, 0.29) is 5.41 Å². The smallest absolute Gasteiger partial charge is 0.125 e. The van der Waals surface area contributed by atoms with Crippen LogP contribution in [0.15, 0.2) is 54.6 Å². The average Bonchev–Trinajstić information content (AvgIpc) is 3.10. The van der Waals surface area contributed by atoms with Gasteiger partial charge in [0.15, 0.2) is 0 Å². The van der Waals surface area contributed by atoms with Gasteiger partial charge in [-0.25, -0.2) is 4.98 Å². The number of nitrogens with zero attached hydrogens (tertiary/aromatic N) is 1. The number of fused-ring (bicyclic) bond motifs is 2. The molecule has 0 atom stereocenters. The topological polar surface area (TPSA) is 12.9 Å². The summed E-state index contributed by atoms with van der Waals surface area (Å²) in [5, 5.41) is 3.92. The molecule has 0 amide bonds. The summed E-state index contributed by atoms with van der Waals surface area (Å²) in [7, 11) is 0. The Morgan fingerprint density at radius 1 is 0.865 bits per heavy atom. The Morgan fingerprint density at radius 2 is 1.54 bits per heavy atom. The maximum atomic E-state index is 5.28. The van der Waals surface area contributed by atoms with Crippen LogP contribution in [0.1, 0.15) is 67.3 Å². The molecule has 0 spiro atoms. The molecule has 0 aliphatic rings. The number of pyridine rings is 1. The molecule has 0 bridgehead atoms. The minimum atomic E-state index is 0.0398. The van der Waals surface area contributed by atoms with Crippen LogP contribution in [-0.2, 0) is 11.8 Å². The SMILES string of the molecule is Cc1cc(CC(C)C)cc(C)c1-c1cc(-c2cc(C(C)(C)C)c3ccccc3c2)nc2sc(C)c(C)c12. The Balaban J connectivity index is 1.81. The van der Waals surface area contributed by atoms with Crippen LogP contribution < -0.4 is 0 Å². The average molecular weight is 506 g/mol. The van der Waals surface area contributed by atoms with Crippen LogP contribution in [0.4, 0.5) is 0 Å². The summed E-state index contributed by atoms with van der Waals surface area (Å²) in [6.45, 7) is 20.5. The van der Waals surface area contributed by atoms with E-state index in [1.54, 1.807) is 0 Å². The van der Waals surface area contributed by atoms with E-state index in [4.69, 9.17) is 4.98 Å². The molecule has 2 heterocycles. The van der Waals surface area contributed by atoms with Crippen molar-refractivity contribution in [3.8, 4) is 22.4 Å². The van der Waals surface area contributed by atoms with Crippen molar-refractivity contribution in [1.82, 2.24) is 4.98 Å². The van der Waals surface area contributed by atoms with Gasteiger partial charge in [0, 0.05) is 15.8 Å². The maximum Gasteiger partial charge on any atom is 0.125 e. The highest BCUT2D eigenvalue weighted by Crippen LogP contribution is 2.43. The van der Waals surface area contributed by atoms with E-state index in [1.165, 1.54) is 65.5 Å². The monoisotopic (exact) mass is 505 g/mol. The van der Waals surface area contributed by atoms with E-state index < -0.39 is 0 Å². The first-order chi connectivity index (χ1) is 17.4. The summed E-state index contributed by atoms with van der Waals surface area (Å²) in [6.07, 6.45) is 1.11. The molecular weight excluding hydrogens is 466 g/mol. The van der Waals surface area contributed by atoms with Gasteiger partial charge in [0.1, 0.15) is 4.83 Å². The molecule has 0 radical (unpaired) electrons. The Morgan fingerprint density at radius 3 is 2.19 bits per heavy atom. The molecular formula is C35H39NS. The lowest BCUT2D eigenvalue weighted by molar-refractivity contribution is 0.596. The van der Waals surface area contributed by atoms with Crippen molar-refractivity contribution in [3.63, 3.8) is 0 Å². The van der Waals surface area contributed by atoms with Crippen LogP contribution in [0.25, 0.3) is 43.4 Å². The lowest BCUT2D eigenvalue weighted by Gasteiger charge is -2.23. The predicted molar refractivity (Wildman–Crippen MR) is 164 cm³/mol. The number of rotatable bonds is 4. The standard InChI is InChI=1S/C35H39NS/c1-20(2)14-25-15-21(3)32(22(4)16-25)29-19-31(36-34-33(29)23(5)24(6)37-34)27-17-26-12-10-11-13-28(26)30(18-27)35(7,8)9/h10-13,15-20H,14H2,1-9H3. The van der Waals surface area contributed by atoms with E-state index in [9.17, 15) is 0 Å². The molecule has 0 fully saturated rings. The van der Waals surface area contributed by atoms with Gasteiger partial charge in [-0.05, 0) is 113 Å². The van der Waals surface area contributed by atoms with E-state index in [1.807, 2.05) is 11.3 Å². The first kappa shape index (κ1) is 25.7. The minimum absolute atomic E-state index is 0.0398. The van der Waals surface area contributed by atoms with E-state index in [0.29, 0.717) is 5.92 Å². The maximum absolute atomic E-state index is 5.28. The van der Waals surface area contributed by atoms with Gasteiger partial charge >= 0.3 is 0 Å². The largest absolute Gasteiger partial charge is 0.237 e. The number of hydrogen-bond donors (Lipinski definition) is 0. The van der Waals surface area contributed by atoms with Crippen molar-refractivity contribution < 1.29 is 0 Å². The number of aryl methyl sites for hydroxylation is 4. The molecule has 0 aliphatic carbocycles. The fourth-order valence-corrected chi connectivity index (χ4v) is 6.90. The quantitative estimate of drug-likeness (QED) is 0.237. The van der Waals surface area contributed by atoms with Gasteiger partial charge in [-0.15, -0.1) is 11.3 Å². The summed E-state index contributed by atoms with van der Waals surface area (Å²) in [6, 6.07) is 20.6. The Kier molecular flexibility index (Phi) is 6.52. The molecule has 0 aliphatic heterocycles. The van der Waals surface area contributed by atoms with Crippen LogP contribution >= 0.6 is 11.3 Å². The van der Waals surface area contributed by atoms with Crippen molar-refractivity contribution in [2.45, 2.75) is 74.1 Å². The number of aromatic nitrogens is 1. The van der Waals surface area contributed by atoms with Gasteiger partial charge in [-0.3, -0.25) is 0 Å². The third-order valence-electron chi connectivity index (χ3n) is 7.61. The zero-order chi connectivity index (χ0) is 26.6. The summed E-state index contributed by atoms with van der Waals surface area (Å²) >= 11 is 1.82. The highest BCUT2D eigenvalue weighted by atomic mass is 32.1.